The summed E-state index contributed by atoms with van der Waals surface area (Å²) in [5, 5.41) is 10.6. The number of nitrogens with one attached hydrogen (secondary N) is 1. The van der Waals surface area contributed by atoms with Crippen molar-refractivity contribution in [2.75, 3.05) is 6.79 Å². The van der Waals surface area contributed by atoms with Gasteiger partial charge in [-0.15, -0.1) is 0 Å². The van der Waals surface area contributed by atoms with Gasteiger partial charge in [0.15, 0.2) is 17.3 Å². The van der Waals surface area contributed by atoms with Gasteiger partial charge >= 0.3 is 5.69 Å². The van der Waals surface area contributed by atoms with Crippen molar-refractivity contribution in [2.24, 2.45) is 0 Å². The quantitative estimate of drug-likeness (QED) is 0.758. The van der Waals surface area contributed by atoms with E-state index < -0.39 is 0 Å². The van der Waals surface area contributed by atoms with Crippen molar-refractivity contribution >= 4 is 0 Å². The molecule has 4 rings (SSSR count). The molecule has 0 radical (unpaired) electrons. The second-order valence-electron chi connectivity index (χ2n) is 4.52. The second kappa shape index (κ2) is 4.51. The Hall–Kier alpha value is -3.03. The third-order valence-electron chi connectivity index (χ3n) is 3.22. The van der Waals surface area contributed by atoms with Gasteiger partial charge in [-0.25, -0.2) is 14.5 Å². The molecule has 0 spiro atoms. The molecule has 0 unspecified atom stereocenters. The van der Waals surface area contributed by atoms with Crippen molar-refractivity contribution in [3.8, 4) is 17.2 Å². The van der Waals surface area contributed by atoms with Gasteiger partial charge in [0.05, 0.1) is 5.69 Å². The van der Waals surface area contributed by atoms with Crippen molar-refractivity contribution < 1.29 is 9.47 Å². The fourth-order valence-electron chi connectivity index (χ4n) is 2.27. The number of aromatic nitrogens is 5. The van der Waals surface area contributed by atoms with Crippen LogP contribution in [0, 0.1) is 0 Å². The fraction of sp³-hybridized carbons (Fsp3) is 0.154. The third-order valence-corrected chi connectivity index (χ3v) is 3.22. The highest BCUT2D eigenvalue weighted by Gasteiger charge is 2.17. The number of fused-ring (bicyclic) bond motifs is 1. The summed E-state index contributed by atoms with van der Waals surface area (Å²) in [5.74, 6) is 1.84. The number of hydrogen-bond acceptors (Lipinski definition) is 5. The first-order chi connectivity index (χ1) is 10.3. The molecule has 1 aromatic carbocycles. The predicted octanol–water partition coefficient (Wildman–Crippen LogP) is 0.534. The number of aromatic amines is 1. The van der Waals surface area contributed by atoms with E-state index in [1.807, 2.05) is 12.3 Å². The first kappa shape index (κ1) is 11.8. The Morgan fingerprint density at radius 3 is 3.05 bits per heavy atom. The summed E-state index contributed by atoms with van der Waals surface area (Å²) in [6.07, 6.45) is 3.48. The summed E-state index contributed by atoms with van der Waals surface area (Å²) in [6.45, 7) is 0.583. The minimum atomic E-state index is -0.309. The standard InChI is InChI=1S/C13H11N5O3/c19-13-16-15-12(7-17-5-1-4-14-17)18(13)9-2-3-10-11(6-9)21-8-20-10/h1-6H,7-8H2,(H,16,19). The number of benzene rings is 1. The van der Waals surface area contributed by atoms with Gasteiger partial charge in [-0.05, 0) is 18.2 Å². The lowest BCUT2D eigenvalue weighted by Gasteiger charge is -2.06. The molecular formula is C13H11N5O3. The van der Waals surface area contributed by atoms with Crippen molar-refractivity contribution in [3.63, 3.8) is 0 Å². The SMILES string of the molecule is O=c1[nH]nc(Cn2cccn2)n1-c1ccc2c(c1)OCO2. The van der Waals surface area contributed by atoms with Gasteiger partial charge in [-0.3, -0.25) is 4.68 Å². The van der Waals surface area contributed by atoms with Crippen LogP contribution in [-0.4, -0.2) is 31.3 Å². The third kappa shape index (κ3) is 1.97. The van der Waals surface area contributed by atoms with Gasteiger partial charge in [0, 0.05) is 18.5 Å². The van der Waals surface area contributed by atoms with Crippen LogP contribution < -0.4 is 15.2 Å². The molecule has 2 aromatic heterocycles. The highest BCUT2D eigenvalue weighted by Crippen LogP contribution is 2.33. The maximum Gasteiger partial charge on any atom is 0.347 e. The van der Waals surface area contributed by atoms with Crippen LogP contribution in [0.4, 0.5) is 0 Å². The normalized spacial score (nSPS) is 12.8. The van der Waals surface area contributed by atoms with Gasteiger partial charge < -0.3 is 9.47 Å². The molecule has 0 saturated carbocycles. The average molecular weight is 285 g/mol. The molecule has 8 heteroatoms. The van der Waals surface area contributed by atoms with Gasteiger partial charge in [0.1, 0.15) is 6.54 Å². The molecule has 0 fully saturated rings. The van der Waals surface area contributed by atoms with E-state index >= 15 is 0 Å². The Balaban J connectivity index is 1.78. The van der Waals surface area contributed by atoms with Crippen LogP contribution in [0.3, 0.4) is 0 Å². The highest BCUT2D eigenvalue weighted by atomic mass is 16.7. The van der Waals surface area contributed by atoms with Gasteiger partial charge in [0.2, 0.25) is 6.79 Å². The molecule has 0 saturated heterocycles. The zero-order chi connectivity index (χ0) is 14.2. The second-order valence-corrected chi connectivity index (χ2v) is 4.52. The van der Waals surface area contributed by atoms with Crippen LogP contribution in [0.1, 0.15) is 5.82 Å². The molecule has 3 aromatic rings. The maximum absolute atomic E-state index is 12.0. The van der Waals surface area contributed by atoms with E-state index in [0.717, 1.165) is 0 Å². The van der Waals surface area contributed by atoms with E-state index in [1.165, 1.54) is 4.57 Å². The first-order valence-corrected chi connectivity index (χ1v) is 6.35. The number of hydrogen-bond donors (Lipinski definition) is 1. The smallest absolute Gasteiger partial charge is 0.347 e. The monoisotopic (exact) mass is 285 g/mol. The Morgan fingerprint density at radius 2 is 2.19 bits per heavy atom. The summed E-state index contributed by atoms with van der Waals surface area (Å²) >= 11 is 0. The molecule has 0 amide bonds. The molecule has 1 aliphatic rings. The molecule has 0 aliphatic carbocycles. The average Bonchev–Trinajstić information content (AvgIpc) is 3.20. The van der Waals surface area contributed by atoms with Gasteiger partial charge in [-0.2, -0.15) is 10.2 Å². The molecule has 3 heterocycles. The lowest BCUT2D eigenvalue weighted by atomic mass is 10.2. The van der Waals surface area contributed by atoms with Crippen LogP contribution in [0.25, 0.3) is 5.69 Å². The van der Waals surface area contributed by atoms with Crippen molar-refractivity contribution in [2.45, 2.75) is 6.54 Å². The fourth-order valence-corrected chi connectivity index (χ4v) is 2.27. The van der Waals surface area contributed by atoms with E-state index in [9.17, 15) is 4.79 Å². The van der Waals surface area contributed by atoms with E-state index in [-0.39, 0.29) is 12.5 Å². The maximum atomic E-state index is 12.0. The topological polar surface area (TPSA) is 87.0 Å². The zero-order valence-corrected chi connectivity index (χ0v) is 10.9. The first-order valence-electron chi connectivity index (χ1n) is 6.35. The Kier molecular flexibility index (Phi) is 2.53. The molecular weight excluding hydrogens is 274 g/mol. The van der Waals surface area contributed by atoms with Crippen molar-refractivity contribution in [3.05, 3.63) is 53.0 Å². The van der Waals surface area contributed by atoms with Crippen LogP contribution in [-0.2, 0) is 6.54 Å². The molecule has 0 bridgehead atoms. The van der Waals surface area contributed by atoms with Gasteiger partial charge in [-0.1, -0.05) is 0 Å². The van der Waals surface area contributed by atoms with E-state index in [1.54, 1.807) is 29.1 Å². The lowest BCUT2D eigenvalue weighted by Crippen LogP contribution is -2.18. The number of H-pyrrole nitrogens is 1. The van der Waals surface area contributed by atoms with Crippen LogP contribution in [0.15, 0.2) is 41.5 Å². The molecule has 21 heavy (non-hydrogen) atoms. The zero-order valence-electron chi connectivity index (χ0n) is 10.9. The Bertz CT molecular complexity index is 834. The van der Waals surface area contributed by atoms with Crippen LogP contribution in [0.2, 0.25) is 0 Å². The van der Waals surface area contributed by atoms with Crippen LogP contribution >= 0.6 is 0 Å². The van der Waals surface area contributed by atoms with E-state index in [2.05, 4.69) is 15.3 Å². The molecule has 0 atom stereocenters. The largest absolute Gasteiger partial charge is 0.454 e. The summed E-state index contributed by atoms with van der Waals surface area (Å²) in [5.41, 5.74) is 0.358. The molecule has 1 aliphatic heterocycles. The summed E-state index contributed by atoms with van der Waals surface area (Å²) in [4.78, 5) is 12.0. The van der Waals surface area contributed by atoms with Crippen LogP contribution in [0.5, 0.6) is 11.5 Å². The number of ether oxygens (including phenoxy) is 2. The van der Waals surface area contributed by atoms with E-state index in [0.29, 0.717) is 29.6 Å². The molecule has 106 valence electrons. The number of nitrogens with zero attached hydrogens (tertiary/aromatic N) is 4. The Labute approximate surface area is 118 Å². The summed E-state index contributed by atoms with van der Waals surface area (Å²) in [6, 6.07) is 7.13. The van der Waals surface area contributed by atoms with E-state index in [4.69, 9.17) is 9.47 Å². The van der Waals surface area contributed by atoms with Crippen molar-refractivity contribution in [1.29, 1.82) is 0 Å². The summed E-state index contributed by atoms with van der Waals surface area (Å²) in [7, 11) is 0. The number of rotatable bonds is 3. The Morgan fingerprint density at radius 1 is 1.29 bits per heavy atom. The lowest BCUT2D eigenvalue weighted by molar-refractivity contribution is 0.174. The minimum absolute atomic E-state index is 0.194. The van der Waals surface area contributed by atoms with Gasteiger partial charge in [0.25, 0.3) is 0 Å². The highest BCUT2D eigenvalue weighted by molar-refractivity contribution is 5.50. The molecule has 1 N–H and O–H groups in total. The summed E-state index contributed by atoms with van der Waals surface area (Å²) < 4.78 is 13.8. The van der Waals surface area contributed by atoms with Crippen molar-refractivity contribution in [1.82, 2.24) is 24.5 Å². The predicted molar refractivity (Wildman–Crippen MR) is 71.6 cm³/mol. The minimum Gasteiger partial charge on any atom is -0.454 e. The molecule has 8 nitrogen and oxygen atoms in total.